The van der Waals surface area contributed by atoms with E-state index in [2.05, 4.69) is 11.1 Å². The SMILES string of the molecule is O=S(=O)(C=Cc1ccccc1)N1CCc2cc(-c3ccncc3)ccc21. The van der Waals surface area contributed by atoms with E-state index in [-0.39, 0.29) is 0 Å². The van der Waals surface area contributed by atoms with Gasteiger partial charge in [0.1, 0.15) is 0 Å². The third-order valence-corrected chi connectivity index (χ3v) is 5.96. The van der Waals surface area contributed by atoms with Gasteiger partial charge in [0, 0.05) is 18.9 Å². The first-order valence-corrected chi connectivity index (χ1v) is 9.93. The molecular weight excluding hydrogens is 344 g/mol. The molecule has 1 aliphatic heterocycles. The van der Waals surface area contributed by atoms with Gasteiger partial charge < -0.3 is 0 Å². The molecule has 130 valence electrons. The van der Waals surface area contributed by atoms with E-state index < -0.39 is 10.0 Å². The van der Waals surface area contributed by atoms with E-state index in [0.717, 1.165) is 27.9 Å². The Hall–Kier alpha value is -2.92. The van der Waals surface area contributed by atoms with E-state index in [4.69, 9.17) is 0 Å². The Morgan fingerprint density at radius 1 is 0.923 bits per heavy atom. The number of fused-ring (bicyclic) bond motifs is 1. The molecule has 0 aliphatic carbocycles. The van der Waals surface area contributed by atoms with Crippen molar-refractivity contribution >= 4 is 21.8 Å². The Morgan fingerprint density at radius 2 is 1.69 bits per heavy atom. The number of hydrogen-bond acceptors (Lipinski definition) is 3. The smallest absolute Gasteiger partial charge is 0.257 e. The molecule has 0 saturated heterocycles. The molecule has 2 aromatic carbocycles. The van der Waals surface area contributed by atoms with Crippen LogP contribution in [0.5, 0.6) is 0 Å². The van der Waals surface area contributed by atoms with Gasteiger partial charge in [0.25, 0.3) is 10.0 Å². The molecule has 0 N–H and O–H groups in total. The van der Waals surface area contributed by atoms with E-state index in [1.165, 1.54) is 9.71 Å². The molecule has 4 nitrogen and oxygen atoms in total. The lowest BCUT2D eigenvalue weighted by Gasteiger charge is -2.17. The normalized spacial score (nSPS) is 13.9. The van der Waals surface area contributed by atoms with Crippen molar-refractivity contribution in [1.82, 2.24) is 4.98 Å². The number of pyridine rings is 1. The third-order valence-electron chi connectivity index (χ3n) is 4.49. The second kappa shape index (κ2) is 6.77. The van der Waals surface area contributed by atoms with Crippen LogP contribution in [0.3, 0.4) is 0 Å². The Bertz CT molecular complexity index is 1050. The molecule has 0 amide bonds. The van der Waals surface area contributed by atoms with Gasteiger partial charge in [0.15, 0.2) is 0 Å². The molecule has 0 atom stereocenters. The van der Waals surface area contributed by atoms with Crippen LogP contribution in [0.25, 0.3) is 17.2 Å². The van der Waals surface area contributed by atoms with E-state index in [9.17, 15) is 8.42 Å². The maximum absolute atomic E-state index is 12.8. The minimum atomic E-state index is -3.51. The van der Waals surface area contributed by atoms with Crippen molar-refractivity contribution in [3.63, 3.8) is 0 Å². The van der Waals surface area contributed by atoms with Crippen molar-refractivity contribution in [3.8, 4) is 11.1 Å². The monoisotopic (exact) mass is 362 g/mol. The summed E-state index contributed by atoms with van der Waals surface area (Å²) in [4.78, 5) is 4.04. The predicted octanol–water partition coefficient (Wildman–Crippen LogP) is 4.11. The van der Waals surface area contributed by atoms with Gasteiger partial charge in [-0.3, -0.25) is 9.29 Å². The van der Waals surface area contributed by atoms with Crippen molar-refractivity contribution in [1.29, 1.82) is 0 Å². The fourth-order valence-electron chi connectivity index (χ4n) is 3.16. The van der Waals surface area contributed by atoms with E-state index >= 15 is 0 Å². The van der Waals surface area contributed by atoms with Crippen LogP contribution < -0.4 is 4.31 Å². The van der Waals surface area contributed by atoms with Crippen LogP contribution in [0.4, 0.5) is 5.69 Å². The minimum Gasteiger partial charge on any atom is -0.266 e. The molecule has 0 spiro atoms. The molecule has 0 saturated carbocycles. The molecule has 1 aromatic heterocycles. The predicted molar refractivity (Wildman–Crippen MR) is 105 cm³/mol. The first kappa shape index (κ1) is 16.5. The lowest BCUT2D eigenvalue weighted by atomic mass is 10.0. The average Bonchev–Trinajstić information content (AvgIpc) is 3.12. The summed E-state index contributed by atoms with van der Waals surface area (Å²) in [5, 5.41) is 1.29. The van der Waals surface area contributed by atoms with Gasteiger partial charge in [0.2, 0.25) is 0 Å². The highest BCUT2D eigenvalue weighted by molar-refractivity contribution is 7.95. The van der Waals surface area contributed by atoms with Crippen molar-refractivity contribution in [2.24, 2.45) is 0 Å². The zero-order chi connectivity index (χ0) is 18.0. The minimum absolute atomic E-state index is 0.469. The zero-order valence-electron chi connectivity index (χ0n) is 14.1. The number of rotatable bonds is 4. The van der Waals surface area contributed by atoms with Crippen molar-refractivity contribution in [3.05, 3.63) is 89.6 Å². The summed E-state index contributed by atoms with van der Waals surface area (Å²) < 4.78 is 27.0. The number of benzene rings is 2. The van der Waals surface area contributed by atoms with E-state index in [1.54, 1.807) is 18.5 Å². The van der Waals surface area contributed by atoms with Crippen LogP contribution >= 0.6 is 0 Å². The molecular formula is C21H18N2O2S. The Kier molecular flexibility index (Phi) is 4.31. The second-order valence-electron chi connectivity index (χ2n) is 6.16. The molecule has 4 rings (SSSR count). The zero-order valence-corrected chi connectivity index (χ0v) is 14.9. The van der Waals surface area contributed by atoms with Crippen LogP contribution in [-0.2, 0) is 16.4 Å². The standard InChI is InChI=1S/C21H18N2O2S/c24-26(25,15-11-17-4-2-1-3-5-17)23-14-10-20-16-19(6-7-21(20)23)18-8-12-22-13-9-18/h1-9,11-13,15-16H,10,14H2. The fourth-order valence-corrected chi connectivity index (χ4v) is 4.44. The van der Waals surface area contributed by atoms with Gasteiger partial charge in [-0.15, -0.1) is 0 Å². The number of hydrogen-bond donors (Lipinski definition) is 0. The lowest BCUT2D eigenvalue weighted by molar-refractivity contribution is 0.601. The van der Waals surface area contributed by atoms with Crippen LogP contribution in [0.2, 0.25) is 0 Å². The lowest BCUT2D eigenvalue weighted by Crippen LogP contribution is -2.26. The Labute approximate surface area is 153 Å². The second-order valence-corrected chi connectivity index (χ2v) is 7.90. The molecule has 2 heterocycles. The first-order chi connectivity index (χ1) is 12.6. The molecule has 0 unspecified atom stereocenters. The summed E-state index contributed by atoms with van der Waals surface area (Å²) in [6, 6.07) is 19.3. The third kappa shape index (κ3) is 3.26. The van der Waals surface area contributed by atoms with Crippen molar-refractivity contribution < 1.29 is 8.42 Å². The Morgan fingerprint density at radius 3 is 2.46 bits per heavy atom. The van der Waals surface area contributed by atoms with Crippen molar-refractivity contribution in [2.75, 3.05) is 10.8 Å². The highest BCUT2D eigenvalue weighted by Gasteiger charge is 2.27. The summed E-state index contributed by atoms with van der Waals surface area (Å²) in [7, 11) is -3.51. The molecule has 0 fully saturated rings. The summed E-state index contributed by atoms with van der Waals surface area (Å²) in [6.07, 6.45) is 5.87. The molecule has 26 heavy (non-hydrogen) atoms. The topological polar surface area (TPSA) is 50.3 Å². The fraction of sp³-hybridized carbons (Fsp3) is 0.0952. The highest BCUT2D eigenvalue weighted by Crippen LogP contribution is 2.34. The van der Waals surface area contributed by atoms with Crippen LogP contribution in [0.15, 0.2) is 78.5 Å². The van der Waals surface area contributed by atoms with Gasteiger partial charge in [-0.2, -0.15) is 0 Å². The average molecular weight is 362 g/mol. The molecule has 5 heteroatoms. The summed E-state index contributed by atoms with van der Waals surface area (Å²) in [6.45, 7) is 0.469. The maximum atomic E-state index is 12.8. The number of aromatic nitrogens is 1. The first-order valence-electron chi connectivity index (χ1n) is 8.43. The van der Waals surface area contributed by atoms with Gasteiger partial charge >= 0.3 is 0 Å². The quantitative estimate of drug-likeness (QED) is 0.702. The van der Waals surface area contributed by atoms with Crippen LogP contribution in [0, 0.1) is 0 Å². The van der Waals surface area contributed by atoms with Gasteiger partial charge in [-0.05, 0) is 59.0 Å². The molecule has 3 aromatic rings. The summed E-state index contributed by atoms with van der Waals surface area (Å²) in [5.41, 5.74) is 4.83. The van der Waals surface area contributed by atoms with Gasteiger partial charge in [-0.25, -0.2) is 8.42 Å². The molecule has 1 aliphatic rings. The van der Waals surface area contributed by atoms with Crippen LogP contribution in [0.1, 0.15) is 11.1 Å². The van der Waals surface area contributed by atoms with Crippen molar-refractivity contribution in [2.45, 2.75) is 6.42 Å². The highest BCUT2D eigenvalue weighted by atomic mass is 32.2. The Balaban J connectivity index is 1.62. The molecule has 0 bridgehead atoms. The molecule has 0 radical (unpaired) electrons. The van der Waals surface area contributed by atoms with E-state index in [0.29, 0.717) is 13.0 Å². The number of anilines is 1. The number of nitrogens with zero attached hydrogens (tertiary/aromatic N) is 2. The van der Waals surface area contributed by atoms with Crippen LogP contribution in [-0.4, -0.2) is 19.9 Å². The van der Waals surface area contributed by atoms with Gasteiger partial charge in [-0.1, -0.05) is 36.4 Å². The summed E-state index contributed by atoms with van der Waals surface area (Å²) >= 11 is 0. The summed E-state index contributed by atoms with van der Waals surface area (Å²) in [5.74, 6) is 0. The maximum Gasteiger partial charge on any atom is 0.257 e. The van der Waals surface area contributed by atoms with E-state index in [1.807, 2.05) is 54.6 Å². The number of sulfonamides is 1. The van der Waals surface area contributed by atoms with Gasteiger partial charge in [0.05, 0.1) is 11.1 Å². The largest absolute Gasteiger partial charge is 0.266 e.